The first kappa shape index (κ1) is 17.4. The summed E-state index contributed by atoms with van der Waals surface area (Å²) in [6, 6.07) is 5.34. The van der Waals surface area contributed by atoms with Crippen molar-refractivity contribution in [3.8, 4) is 11.4 Å². The molecule has 9 heteroatoms. The van der Waals surface area contributed by atoms with Gasteiger partial charge in [0.1, 0.15) is 12.0 Å². The summed E-state index contributed by atoms with van der Waals surface area (Å²) in [5.74, 6) is -1.66. The van der Waals surface area contributed by atoms with Crippen molar-refractivity contribution >= 4 is 5.97 Å². The normalized spacial score (nSPS) is 12.1. The molecule has 1 aromatic carbocycles. The maximum absolute atomic E-state index is 12.6. The van der Waals surface area contributed by atoms with Gasteiger partial charge in [0, 0.05) is 12.3 Å². The van der Waals surface area contributed by atoms with Crippen LogP contribution in [0.4, 0.5) is 13.2 Å². The zero-order chi connectivity index (χ0) is 17.9. The lowest BCUT2D eigenvalue weighted by Gasteiger charge is -2.11. The highest BCUT2D eigenvalue weighted by atomic mass is 19.4. The molecule has 2 aromatic rings. The number of carboxylic acid groups (broad SMARTS) is 1. The van der Waals surface area contributed by atoms with Crippen LogP contribution >= 0.6 is 0 Å². The molecule has 128 valence electrons. The van der Waals surface area contributed by atoms with Crippen LogP contribution in [0.2, 0.25) is 0 Å². The average Bonchev–Trinajstić information content (AvgIpc) is 2.98. The number of aliphatic carboxylic acids is 1. The molecule has 1 heterocycles. The molecule has 0 saturated heterocycles. The number of methoxy groups -OCH3 is 1. The van der Waals surface area contributed by atoms with Gasteiger partial charge in [0.2, 0.25) is 5.76 Å². The van der Waals surface area contributed by atoms with Crippen molar-refractivity contribution in [2.75, 3.05) is 7.11 Å². The van der Waals surface area contributed by atoms with Crippen LogP contribution in [-0.2, 0) is 15.7 Å². The molecule has 0 saturated carbocycles. The van der Waals surface area contributed by atoms with Gasteiger partial charge < -0.3 is 14.6 Å². The molecule has 24 heavy (non-hydrogen) atoms. The van der Waals surface area contributed by atoms with Gasteiger partial charge in [-0.15, -0.1) is 0 Å². The molecule has 0 fully saturated rings. The summed E-state index contributed by atoms with van der Waals surface area (Å²) in [7, 11) is 1.26. The first-order chi connectivity index (χ1) is 11.2. The van der Waals surface area contributed by atoms with Crippen molar-refractivity contribution in [2.45, 2.75) is 13.1 Å². The van der Waals surface area contributed by atoms with Gasteiger partial charge in [0.05, 0.1) is 12.8 Å². The maximum Gasteiger partial charge on any atom is 0.435 e. The van der Waals surface area contributed by atoms with E-state index in [-0.39, 0.29) is 11.4 Å². The van der Waals surface area contributed by atoms with Crippen LogP contribution in [0.1, 0.15) is 11.3 Å². The average molecular weight is 342 g/mol. The minimum absolute atomic E-state index is 0.155. The molecule has 0 radical (unpaired) electrons. The Morgan fingerprint density at radius 2 is 2.04 bits per heavy atom. The Morgan fingerprint density at radius 3 is 2.58 bits per heavy atom. The number of aromatic nitrogens is 2. The van der Waals surface area contributed by atoms with E-state index >= 15 is 0 Å². The van der Waals surface area contributed by atoms with Crippen molar-refractivity contribution in [2.24, 2.45) is 0 Å². The van der Waals surface area contributed by atoms with E-state index in [0.29, 0.717) is 5.56 Å². The number of carboxylic acids is 1. The van der Waals surface area contributed by atoms with Crippen molar-refractivity contribution in [1.29, 1.82) is 0 Å². The molecular weight excluding hydrogens is 329 g/mol. The predicted octanol–water partition coefficient (Wildman–Crippen LogP) is 3.15. The molecule has 0 atom stereocenters. The minimum atomic E-state index is -4.55. The van der Waals surface area contributed by atoms with E-state index in [1.54, 1.807) is 13.0 Å². The Bertz CT molecular complexity index is 781. The number of rotatable bonds is 5. The lowest BCUT2D eigenvalue weighted by atomic mass is 10.2. The highest BCUT2D eigenvalue weighted by Gasteiger charge is 2.33. The second-order valence-corrected chi connectivity index (χ2v) is 4.72. The van der Waals surface area contributed by atoms with E-state index in [0.717, 1.165) is 23.2 Å². The number of nitrogens with zero attached hydrogens (tertiary/aromatic N) is 2. The molecule has 0 spiro atoms. The molecular formula is C15H13F3N2O4. The first-order valence-electron chi connectivity index (χ1n) is 6.60. The molecule has 6 nitrogen and oxygen atoms in total. The molecule has 0 aliphatic rings. The van der Waals surface area contributed by atoms with Crippen LogP contribution in [0.3, 0.4) is 0 Å². The summed E-state index contributed by atoms with van der Waals surface area (Å²) in [6.45, 7) is 1.66. The fourth-order valence-electron chi connectivity index (χ4n) is 1.80. The second kappa shape index (κ2) is 6.65. The number of aryl methyl sites for hydroxylation is 1. The van der Waals surface area contributed by atoms with Crippen LogP contribution < -0.4 is 4.74 Å². The molecule has 0 amide bonds. The summed E-state index contributed by atoms with van der Waals surface area (Å²) in [5, 5.41) is 12.5. The van der Waals surface area contributed by atoms with Gasteiger partial charge in [-0.25, -0.2) is 9.48 Å². The lowest BCUT2D eigenvalue weighted by molar-refractivity contribution is -0.141. The third-order valence-electron chi connectivity index (χ3n) is 2.97. The van der Waals surface area contributed by atoms with Gasteiger partial charge >= 0.3 is 12.1 Å². The molecule has 2 rings (SSSR count). The van der Waals surface area contributed by atoms with Gasteiger partial charge in [-0.1, -0.05) is 6.07 Å². The fourth-order valence-corrected chi connectivity index (χ4v) is 1.80. The standard InChI is InChI=1S/C15H13F3N2O4/c1-9-3-4-10(20-6-5-13(19-20)15(16,17)18)7-11(9)24-12(8-23-2)14(21)22/h3-8H,1-2H3,(H,21,22)/b12-8-. The highest BCUT2D eigenvalue weighted by Crippen LogP contribution is 2.29. The third kappa shape index (κ3) is 3.86. The van der Waals surface area contributed by atoms with E-state index in [2.05, 4.69) is 9.84 Å². The van der Waals surface area contributed by atoms with E-state index in [9.17, 15) is 18.0 Å². The van der Waals surface area contributed by atoms with Crippen LogP contribution in [0, 0.1) is 6.92 Å². The summed E-state index contributed by atoms with van der Waals surface area (Å²) in [5.41, 5.74) is -0.158. The Balaban J connectivity index is 2.36. The van der Waals surface area contributed by atoms with Gasteiger partial charge in [-0.3, -0.25) is 0 Å². The number of hydrogen-bond acceptors (Lipinski definition) is 4. The Morgan fingerprint density at radius 1 is 1.33 bits per heavy atom. The topological polar surface area (TPSA) is 73.6 Å². The summed E-state index contributed by atoms with van der Waals surface area (Å²) < 4.78 is 48.8. The third-order valence-corrected chi connectivity index (χ3v) is 2.97. The smallest absolute Gasteiger partial charge is 0.435 e. The molecule has 0 aliphatic heterocycles. The number of carbonyl (C=O) groups is 1. The zero-order valence-corrected chi connectivity index (χ0v) is 12.7. The van der Waals surface area contributed by atoms with Crippen LogP contribution in [0.25, 0.3) is 5.69 Å². The number of halogens is 3. The zero-order valence-electron chi connectivity index (χ0n) is 12.7. The molecule has 0 bridgehead atoms. The monoisotopic (exact) mass is 342 g/mol. The van der Waals surface area contributed by atoms with Crippen molar-refractivity contribution in [3.05, 3.63) is 53.7 Å². The number of hydrogen-bond donors (Lipinski definition) is 1. The Kier molecular flexibility index (Phi) is 4.82. The fraction of sp³-hybridized carbons (Fsp3) is 0.200. The quantitative estimate of drug-likeness (QED) is 0.667. The van der Waals surface area contributed by atoms with Gasteiger partial charge in [0.15, 0.2) is 5.69 Å². The van der Waals surface area contributed by atoms with Gasteiger partial charge in [-0.05, 0) is 24.6 Å². The largest absolute Gasteiger partial charge is 0.500 e. The SMILES string of the molecule is CO/C=C(\Oc1cc(-n2ccc(C(F)(F)F)n2)ccc1C)C(=O)O. The minimum Gasteiger partial charge on any atom is -0.500 e. The van der Waals surface area contributed by atoms with E-state index in [1.807, 2.05) is 0 Å². The van der Waals surface area contributed by atoms with Crippen LogP contribution in [0.15, 0.2) is 42.5 Å². The van der Waals surface area contributed by atoms with Crippen molar-refractivity contribution in [3.63, 3.8) is 0 Å². The summed E-state index contributed by atoms with van der Waals surface area (Å²) >= 11 is 0. The maximum atomic E-state index is 12.6. The van der Waals surface area contributed by atoms with E-state index < -0.39 is 23.6 Å². The van der Waals surface area contributed by atoms with Crippen molar-refractivity contribution in [1.82, 2.24) is 9.78 Å². The Labute approximate surface area is 134 Å². The van der Waals surface area contributed by atoms with E-state index in [1.165, 1.54) is 19.2 Å². The molecule has 0 aliphatic carbocycles. The van der Waals surface area contributed by atoms with Gasteiger partial charge in [-0.2, -0.15) is 18.3 Å². The lowest BCUT2D eigenvalue weighted by Crippen LogP contribution is -2.10. The highest BCUT2D eigenvalue weighted by molar-refractivity contribution is 5.84. The molecule has 1 N–H and O–H groups in total. The first-order valence-corrected chi connectivity index (χ1v) is 6.60. The van der Waals surface area contributed by atoms with Crippen LogP contribution in [-0.4, -0.2) is 28.0 Å². The summed E-state index contributed by atoms with van der Waals surface area (Å²) in [6.07, 6.45) is -2.49. The molecule has 1 aromatic heterocycles. The van der Waals surface area contributed by atoms with E-state index in [4.69, 9.17) is 9.84 Å². The Hall–Kier alpha value is -2.97. The number of ether oxygens (including phenoxy) is 2. The van der Waals surface area contributed by atoms with Crippen molar-refractivity contribution < 1.29 is 32.5 Å². The number of alkyl halides is 3. The second-order valence-electron chi connectivity index (χ2n) is 4.72. The predicted molar refractivity (Wildman–Crippen MR) is 76.7 cm³/mol. The molecule has 0 unspecified atom stereocenters. The van der Waals surface area contributed by atoms with Crippen LogP contribution in [0.5, 0.6) is 5.75 Å². The number of benzene rings is 1. The van der Waals surface area contributed by atoms with Gasteiger partial charge in [0.25, 0.3) is 0 Å². The summed E-state index contributed by atoms with van der Waals surface area (Å²) in [4.78, 5) is 11.1.